The first-order valence-electron chi connectivity index (χ1n) is 5.65. The number of nitriles is 1. The molecular formula is C12H15N3O4. The van der Waals surface area contributed by atoms with Crippen LogP contribution in [0.15, 0.2) is 18.2 Å². The zero-order chi connectivity index (χ0) is 14.1. The topological polar surface area (TPSA) is 97.4 Å². The summed E-state index contributed by atoms with van der Waals surface area (Å²) in [5.41, 5.74) is 0.700. The molecule has 19 heavy (non-hydrogen) atoms. The standard InChI is InChI=1S/C12H15N3O4/c1-18-7-5-14-9-10-2-3-11(15(16)17)12(8-10)19-6-4-13/h2-3,8,14H,5-7,9H2,1H3. The molecule has 0 atom stereocenters. The van der Waals surface area contributed by atoms with Crippen molar-refractivity contribution in [3.63, 3.8) is 0 Å². The predicted molar refractivity (Wildman–Crippen MR) is 67.8 cm³/mol. The molecule has 1 N–H and O–H groups in total. The van der Waals surface area contributed by atoms with Crippen LogP contribution in [0.4, 0.5) is 5.69 Å². The summed E-state index contributed by atoms with van der Waals surface area (Å²) >= 11 is 0. The average Bonchev–Trinajstić information content (AvgIpc) is 2.41. The monoisotopic (exact) mass is 265 g/mol. The van der Waals surface area contributed by atoms with E-state index in [1.165, 1.54) is 6.07 Å². The normalized spacial score (nSPS) is 9.89. The number of rotatable bonds is 8. The van der Waals surface area contributed by atoms with Gasteiger partial charge in [0.25, 0.3) is 0 Å². The van der Waals surface area contributed by atoms with Gasteiger partial charge in [0.15, 0.2) is 12.4 Å². The van der Waals surface area contributed by atoms with Gasteiger partial charge >= 0.3 is 5.69 Å². The summed E-state index contributed by atoms with van der Waals surface area (Å²) in [6.45, 7) is 1.60. The highest BCUT2D eigenvalue weighted by Crippen LogP contribution is 2.27. The molecule has 0 unspecified atom stereocenters. The van der Waals surface area contributed by atoms with Crippen LogP contribution in [0, 0.1) is 21.4 Å². The molecule has 7 heteroatoms. The molecule has 0 aromatic heterocycles. The molecule has 0 amide bonds. The van der Waals surface area contributed by atoms with Gasteiger partial charge in [-0.25, -0.2) is 0 Å². The van der Waals surface area contributed by atoms with E-state index < -0.39 is 4.92 Å². The van der Waals surface area contributed by atoms with Gasteiger partial charge in [-0.15, -0.1) is 0 Å². The Morgan fingerprint density at radius 3 is 2.95 bits per heavy atom. The van der Waals surface area contributed by atoms with Crippen LogP contribution in [-0.4, -0.2) is 31.8 Å². The fourth-order valence-corrected chi connectivity index (χ4v) is 1.45. The van der Waals surface area contributed by atoms with Gasteiger partial charge in [0.1, 0.15) is 6.07 Å². The molecule has 0 spiro atoms. The van der Waals surface area contributed by atoms with Crippen molar-refractivity contribution in [2.24, 2.45) is 0 Å². The molecule has 1 aromatic rings. The van der Waals surface area contributed by atoms with Gasteiger partial charge in [0.05, 0.1) is 11.5 Å². The molecule has 0 saturated carbocycles. The number of nitrogens with zero attached hydrogens (tertiary/aromatic N) is 2. The van der Waals surface area contributed by atoms with Crippen molar-refractivity contribution in [2.45, 2.75) is 6.54 Å². The first kappa shape index (κ1) is 14.9. The lowest BCUT2D eigenvalue weighted by molar-refractivity contribution is -0.385. The number of nitro benzene ring substituents is 1. The van der Waals surface area contributed by atoms with Gasteiger partial charge in [-0.05, 0) is 11.6 Å². The van der Waals surface area contributed by atoms with Gasteiger partial charge < -0.3 is 14.8 Å². The van der Waals surface area contributed by atoms with Crippen LogP contribution in [0.1, 0.15) is 5.56 Å². The number of hydrogen-bond donors (Lipinski definition) is 1. The molecule has 0 aliphatic rings. The van der Waals surface area contributed by atoms with E-state index in [0.717, 1.165) is 5.56 Å². The summed E-state index contributed by atoms with van der Waals surface area (Å²) in [5, 5.41) is 22.4. The quantitative estimate of drug-likeness (QED) is 0.431. The molecule has 1 aromatic carbocycles. The minimum Gasteiger partial charge on any atom is -0.472 e. The van der Waals surface area contributed by atoms with Crippen LogP contribution in [0.2, 0.25) is 0 Å². The van der Waals surface area contributed by atoms with Gasteiger partial charge in [0.2, 0.25) is 0 Å². The van der Waals surface area contributed by atoms with Gasteiger partial charge in [-0.2, -0.15) is 5.26 Å². The summed E-state index contributed by atoms with van der Waals surface area (Å²) in [6, 6.07) is 6.37. The lowest BCUT2D eigenvalue weighted by Gasteiger charge is -2.07. The van der Waals surface area contributed by atoms with Crippen molar-refractivity contribution in [3.05, 3.63) is 33.9 Å². The number of ether oxygens (including phenoxy) is 2. The van der Waals surface area contributed by atoms with E-state index in [2.05, 4.69) is 5.32 Å². The third kappa shape index (κ3) is 4.91. The van der Waals surface area contributed by atoms with E-state index in [1.807, 2.05) is 0 Å². The Morgan fingerprint density at radius 1 is 1.53 bits per heavy atom. The fourth-order valence-electron chi connectivity index (χ4n) is 1.45. The SMILES string of the molecule is COCCNCc1ccc([N+](=O)[O-])c(OCC#N)c1. The number of nitro groups is 1. The van der Waals surface area contributed by atoms with E-state index in [9.17, 15) is 10.1 Å². The Hall–Kier alpha value is -2.17. The summed E-state index contributed by atoms with van der Waals surface area (Å²) in [4.78, 5) is 10.3. The first-order chi connectivity index (χ1) is 9.19. The van der Waals surface area contributed by atoms with Crippen LogP contribution < -0.4 is 10.1 Å². The number of nitrogens with one attached hydrogen (secondary N) is 1. The molecule has 102 valence electrons. The second-order valence-electron chi connectivity index (χ2n) is 3.68. The summed E-state index contributed by atoms with van der Waals surface area (Å²) < 4.78 is 9.96. The van der Waals surface area contributed by atoms with Crippen molar-refractivity contribution in [3.8, 4) is 11.8 Å². The van der Waals surface area contributed by atoms with Crippen molar-refractivity contribution < 1.29 is 14.4 Å². The van der Waals surface area contributed by atoms with Crippen molar-refractivity contribution in [1.29, 1.82) is 5.26 Å². The summed E-state index contributed by atoms with van der Waals surface area (Å²) in [5.74, 6) is 0.109. The third-order valence-corrected chi connectivity index (χ3v) is 2.33. The largest absolute Gasteiger partial charge is 0.472 e. The molecule has 0 saturated heterocycles. The minimum absolute atomic E-state index is 0.109. The van der Waals surface area contributed by atoms with E-state index in [0.29, 0.717) is 19.7 Å². The van der Waals surface area contributed by atoms with Gasteiger partial charge in [-0.3, -0.25) is 10.1 Å². The molecule has 0 aliphatic heterocycles. The summed E-state index contributed by atoms with van der Waals surface area (Å²) in [7, 11) is 1.61. The first-order valence-corrected chi connectivity index (χ1v) is 5.65. The maximum absolute atomic E-state index is 10.8. The van der Waals surface area contributed by atoms with E-state index in [-0.39, 0.29) is 18.0 Å². The lowest BCUT2D eigenvalue weighted by Crippen LogP contribution is -2.18. The zero-order valence-electron chi connectivity index (χ0n) is 10.6. The fraction of sp³-hybridized carbons (Fsp3) is 0.417. The minimum atomic E-state index is -0.533. The highest BCUT2D eigenvalue weighted by molar-refractivity contribution is 5.48. The average molecular weight is 265 g/mol. The van der Waals surface area contributed by atoms with E-state index in [1.54, 1.807) is 25.3 Å². The molecule has 0 aliphatic carbocycles. The number of hydrogen-bond acceptors (Lipinski definition) is 6. The third-order valence-electron chi connectivity index (χ3n) is 2.33. The lowest BCUT2D eigenvalue weighted by atomic mass is 10.2. The Balaban J connectivity index is 2.74. The molecule has 0 heterocycles. The van der Waals surface area contributed by atoms with Crippen LogP contribution in [0.25, 0.3) is 0 Å². The van der Waals surface area contributed by atoms with E-state index in [4.69, 9.17) is 14.7 Å². The maximum atomic E-state index is 10.8. The second kappa shape index (κ2) is 8.02. The van der Waals surface area contributed by atoms with Crippen LogP contribution >= 0.6 is 0 Å². The molecular weight excluding hydrogens is 250 g/mol. The van der Waals surface area contributed by atoms with E-state index >= 15 is 0 Å². The molecule has 7 nitrogen and oxygen atoms in total. The van der Waals surface area contributed by atoms with Gasteiger partial charge in [0, 0.05) is 26.3 Å². The Kier molecular flexibility index (Phi) is 6.29. The van der Waals surface area contributed by atoms with Crippen molar-refractivity contribution >= 4 is 5.69 Å². The smallest absolute Gasteiger partial charge is 0.310 e. The molecule has 0 bridgehead atoms. The Morgan fingerprint density at radius 2 is 2.32 bits per heavy atom. The predicted octanol–water partition coefficient (Wildman–Crippen LogP) is 1.23. The highest BCUT2D eigenvalue weighted by Gasteiger charge is 2.15. The molecule has 1 rings (SSSR count). The van der Waals surface area contributed by atoms with Crippen molar-refractivity contribution in [2.75, 3.05) is 26.9 Å². The number of benzene rings is 1. The Bertz CT molecular complexity index is 471. The molecule has 0 radical (unpaired) electrons. The Labute approximate surface area is 110 Å². The van der Waals surface area contributed by atoms with Gasteiger partial charge in [-0.1, -0.05) is 6.07 Å². The maximum Gasteiger partial charge on any atom is 0.310 e. The van der Waals surface area contributed by atoms with Crippen LogP contribution in [-0.2, 0) is 11.3 Å². The number of methoxy groups -OCH3 is 1. The summed E-state index contributed by atoms with van der Waals surface area (Å²) in [6.07, 6.45) is 0. The van der Waals surface area contributed by atoms with Crippen molar-refractivity contribution in [1.82, 2.24) is 5.32 Å². The second-order valence-corrected chi connectivity index (χ2v) is 3.68. The zero-order valence-corrected chi connectivity index (χ0v) is 10.6. The highest BCUT2D eigenvalue weighted by atomic mass is 16.6. The van der Waals surface area contributed by atoms with Crippen LogP contribution in [0.5, 0.6) is 5.75 Å². The van der Waals surface area contributed by atoms with Crippen LogP contribution in [0.3, 0.4) is 0 Å². The molecule has 0 fully saturated rings.